The number of hydrogen-bond donors (Lipinski definition) is 0. The number of carbonyl (C=O) groups is 1. The monoisotopic (exact) mass is 309 g/mol. The van der Waals surface area contributed by atoms with Gasteiger partial charge in [0.1, 0.15) is 19.2 Å². The summed E-state index contributed by atoms with van der Waals surface area (Å²) in [5.74, 6) is 0.454. The van der Waals surface area contributed by atoms with Crippen molar-refractivity contribution in [1.29, 1.82) is 0 Å². The van der Waals surface area contributed by atoms with Crippen LogP contribution < -0.4 is 10.2 Å². The Bertz CT molecular complexity index is 726. The van der Waals surface area contributed by atoms with E-state index >= 15 is 0 Å². The Morgan fingerprint density at radius 2 is 2.00 bits per heavy atom. The van der Waals surface area contributed by atoms with Crippen LogP contribution in [0.1, 0.15) is 11.1 Å². The fraction of sp³-hybridized carbons (Fsp3) is 0.176. The molecule has 0 saturated carbocycles. The molecule has 0 unspecified atom stereocenters. The summed E-state index contributed by atoms with van der Waals surface area (Å²) in [6, 6.07) is 8.73. The van der Waals surface area contributed by atoms with Crippen LogP contribution in [0, 0.1) is 6.92 Å². The molecule has 5 nitrogen and oxygen atoms in total. The molecule has 23 heavy (non-hydrogen) atoms. The Labute approximate surface area is 136 Å². The van der Waals surface area contributed by atoms with E-state index in [9.17, 15) is 4.79 Å². The van der Waals surface area contributed by atoms with E-state index < -0.39 is 5.97 Å². The number of aromatic nitrogens is 1. The summed E-state index contributed by atoms with van der Waals surface area (Å²) in [6.07, 6.45) is 2.86. The third-order valence-corrected chi connectivity index (χ3v) is 3.12. The van der Waals surface area contributed by atoms with Crippen LogP contribution in [0.2, 0.25) is 0 Å². The molecule has 0 N–H and O–H groups in total. The SMILES string of the molecule is [B]c1ccc(Oc2ccc(C)c(/C(=C\OC)C(=O)OC)c2)nc1. The van der Waals surface area contributed by atoms with Crippen molar-refractivity contribution in [3.8, 4) is 11.6 Å². The number of carbonyl (C=O) groups excluding carboxylic acids is 1. The molecule has 0 bridgehead atoms. The van der Waals surface area contributed by atoms with Crippen LogP contribution in [0.15, 0.2) is 42.8 Å². The van der Waals surface area contributed by atoms with Gasteiger partial charge in [-0.05, 0) is 30.2 Å². The topological polar surface area (TPSA) is 57.7 Å². The van der Waals surface area contributed by atoms with Gasteiger partial charge in [-0.3, -0.25) is 0 Å². The largest absolute Gasteiger partial charge is 0.503 e. The molecule has 2 aromatic rings. The minimum absolute atomic E-state index is 0.309. The molecule has 1 heterocycles. The number of benzene rings is 1. The predicted molar refractivity (Wildman–Crippen MR) is 87.9 cm³/mol. The highest BCUT2D eigenvalue weighted by Crippen LogP contribution is 2.27. The Morgan fingerprint density at radius 3 is 2.61 bits per heavy atom. The zero-order chi connectivity index (χ0) is 16.8. The first-order valence-electron chi connectivity index (χ1n) is 6.87. The summed E-state index contributed by atoms with van der Waals surface area (Å²) in [4.78, 5) is 16.0. The fourth-order valence-corrected chi connectivity index (χ4v) is 1.98. The summed E-state index contributed by atoms with van der Waals surface area (Å²) in [7, 11) is 8.38. The zero-order valence-electron chi connectivity index (χ0n) is 13.2. The Morgan fingerprint density at radius 1 is 1.22 bits per heavy atom. The number of hydrogen-bond acceptors (Lipinski definition) is 5. The third kappa shape index (κ3) is 4.13. The summed E-state index contributed by atoms with van der Waals surface area (Å²) >= 11 is 0. The van der Waals surface area contributed by atoms with Crippen molar-refractivity contribution in [2.75, 3.05) is 14.2 Å². The van der Waals surface area contributed by atoms with E-state index in [1.807, 2.05) is 13.0 Å². The van der Waals surface area contributed by atoms with Gasteiger partial charge in [-0.2, -0.15) is 0 Å². The van der Waals surface area contributed by atoms with Crippen LogP contribution >= 0.6 is 0 Å². The second kappa shape index (κ2) is 7.49. The van der Waals surface area contributed by atoms with Crippen molar-refractivity contribution in [2.24, 2.45) is 0 Å². The average Bonchev–Trinajstić information content (AvgIpc) is 2.56. The van der Waals surface area contributed by atoms with Crippen LogP contribution in [-0.2, 0) is 14.3 Å². The standard InChI is InChI=1S/C17H16BNO4/c1-11-4-6-13(23-16-7-5-12(18)9-19-16)8-14(11)15(10-21-2)17(20)22-3/h4-10H,1-3H3/b15-10+. The maximum atomic E-state index is 11.9. The van der Waals surface area contributed by atoms with E-state index in [-0.39, 0.29) is 0 Å². The van der Waals surface area contributed by atoms with Crippen LogP contribution in [0.4, 0.5) is 0 Å². The van der Waals surface area contributed by atoms with Crippen LogP contribution in [-0.4, -0.2) is 33.0 Å². The highest BCUT2D eigenvalue weighted by atomic mass is 16.5. The number of ether oxygens (including phenoxy) is 3. The first-order valence-corrected chi connectivity index (χ1v) is 6.87. The van der Waals surface area contributed by atoms with Crippen molar-refractivity contribution in [3.63, 3.8) is 0 Å². The molecule has 0 amide bonds. The van der Waals surface area contributed by atoms with Crippen molar-refractivity contribution in [3.05, 3.63) is 53.9 Å². The minimum Gasteiger partial charge on any atom is -0.503 e. The molecule has 116 valence electrons. The molecular formula is C17H16BNO4. The number of nitrogens with zero attached hydrogens (tertiary/aromatic N) is 1. The maximum absolute atomic E-state index is 11.9. The molecule has 2 radical (unpaired) electrons. The van der Waals surface area contributed by atoms with E-state index in [2.05, 4.69) is 4.98 Å². The van der Waals surface area contributed by atoms with Crippen LogP contribution in [0.3, 0.4) is 0 Å². The Balaban J connectivity index is 2.36. The molecule has 0 aliphatic carbocycles. The Hall–Kier alpha value is -2.76. The Kier molecular flexibility index (Phi) is 5.41. The van der Waals surface area contributed by atoms with Gasteiger partial charge >= 0.3 is 5.97 Å². The van der Waals surface area contributed by atoms with Crippen molar-refractivity contribution < 1.29 is 19.0 Å². The average molecular weight is 309 g/mol. The van der Waals surface area contributed by atoms with Crippen molar-refractivity contribution >= 4 is 24.9 Å². The molecule has 0 fully saturated rings. The highest BCUT2D eigenvalue weighted by Gasteiger charge is 2.16. The lowest BCUT2D eigenvalue weighted by Crippen LogP contribution is -2.06. The maximum Gasteiger partial charge on any atom is 0.341 e. The fourth-order valence-electron chi connectivity index (χ4n) is 1.98. The molecule has 0 atom stereocenters. The smallest absolute Gasteiger partial charge is 0.341 e. The molecule has 1 aromatic heterocycles. The minimum atomic E-state index is -0.488. The second-order valence-electron chi connectivity index (χ2n) is 4.77. The summed E-state index contributed by atoms with van der Waals surface area (Å²) in [5.41, 5.74) is 2.41. The van der Waals surface area contributed by atoms with Crippen LogP contribution in [0.25, 0.3) is 5.57 Å². The normalized spacial score (nSPS) is 11.0. The number of pyridine rings is 1. The first kappa shape index (κ1) is 16.6. The van der Waals surface area contributed by atoms with E-state index in [0.717, 1.165) is 5.56 Å². The second-order valence-corrected chi connectivity index (χ2v) is 4.77. The van der Waals surface area contributed by atoms with Crippen molar-refractivity contribution in [1.82, 2.24) is 4.98 Å². The van der Waals surface area contributed by atoms with E-state index in [1.54, 1.807) is 24.3 Å². The van der Waals surface area contributed by atoms with E-state index in [1.165, 1.54) is 26.7 Å². The van der Waals surface area contributed by atoms with Crippen molar-refractivity contribution in [2.45, 2.75) is 6.92 Å². The molecular weight excluding hydrogens is 293 g/mol. The molecule has 0 saturated heterocycles. The summed E-state index contributed by atoms with van der Waals surface area (Å²) in [5, 5.41) is 0. The highest BCUT2D eigenvalue weighted by molar-refractivity contribution is 6.32. The molecule has 0 spiro atoms. The lowest BCUT2D eigenvalue weighted by atomic mass is 9.99. The lowest BCUT2D eigenvalue weighted by molar-refractivity contribution is -0.133. The van der Waals surface area contributed by atoms with Gasteiger partial charge in [-0.1, -0.05) is 17.6 Å². The number of aryl methyl sites for hydroxylation is 1. The molecule has 1 aromatic carbocycles. The third-order valence-electron chi connectivity index (χ3n) is 3.12. The van der Waals surface area contributed by atoms with Gasteiger partial charge in [0.25, 0.3) is 0 Å². The molecule has 0 aliphatic rings. The quantitative estimate of drug-likeness (QED) is 0.366. The van der Waals surface area contributed by atoms with E-state index in [4.69, 9.17) is 22.1 Å². The van der Waals surface area contributed by atoms with E-state index in [0.29, 0.717) is 28.2 Å². The molecule has 6 heteroatoms. The van der Waals surface area contributed by atoms with Gasteiger partial charge in [0.2, 0.25) is 5.88 Å². The lowest BCUT2D eigenvalue weighted by Gasteiger charge is -2.11. The van der Waals surface area contributed by atoms with Crippen LogP contribution in [0.5, 0.6) is 11.6 Å². The van der Waals surface area contributed by atoms with Gasteiger partial charge < -0.3 is 14.2 Å². The summed E-state index contributed by atoms with van der Waals surface area (Å²) < 4.78 is 15.5. The van der Waals surface area contributed by atoms with Gasteiger partial charge in [0.05, 0.1) is 20.5 Å². The van der Waals surface area contributed by atoms with Gasteiger partial charge in [-0.25, -0.2) is 9.78 Å². The molecule has 0 aliphatic heterocycles. The predicted octanol–water partition coefficient (Wildman–Crippen LogP) is 2.14. The first-order chi connectivity index (χ1) is 11.0. The molecule has 2 rings (SSSR count). The number of esters is 1. The van der Waals surface area contributed by atoms with Gasteiger partial charge in [0, 0.05) is 12.3 Å². The van der Waals surface area contributed by atoms with Gasteiger partial charge in [0.15, 0.2) is 0 Å². The summed E-state index contributed by atoms with van der Waals surface area (Å²) in [6.45, 7) is 1.88. The number of rotatable bonds is 5. The zero-order valence-corrected chi connectivity index (χ0v) is 13.2. The van der Waals surface area contributed by atoms with Gasteiger partial charge in [-0.15, -0.1) is 0 Å². The number of methoxy groups -OCH3 is 2.